The van der Waals surface area contributed by atoms with Crippen molar-refractivity contribution in [3.05, 3.63) is 0 Å². The SMILES string of the molecule is CCCCN1CCCC(=O)CC1C(=O)OCC. The van der Waals surface area contributed by atoms with Crippen molar-refractivity contribution in [1.29, 1.82) is 0 Å². The van der Waals surface area contributed by atoms with Gasteiger partial charge in [-0.15, -0.1) is 0 Å². The van der Waals surface area contributed by atoms with Gasteiger partial charge in [0.25, 0.3) is 0 Å². The molecule has 1 aliphatic heterocycles. The van der Waals surface area contributed by atoms with Gasteiger partial charge in [-0.1, -0.05) is 13.3 Å². The van der Waals surface area contributed by atoms with E-state index in [0.29, 0.717) is 19.4 Å². The Kier molecular flexibility index (Phi) is 6.19. The molecule has 0 radical (unpaired) electrons. The van der Waals surface area contributed by atoms with Crippen molar-refractivity contribution < 1.29 is 14.3 Å². The molecule has 1 rings (SSSR count). The van der Waals surface area contributed by atoms with E-state index < -0.39 is 0 Å². The van der Waals surface area contributed by atoms with Crippen LogP contribution in [0.3, 0.4) is 0 Å². The van der Waals surface area contributed by atoms with Crippen molar-refractivity contribution in [3.63, 3.8) is 0 Å². The van der Waals surface area contributed by atoms with E-state index >= 15 is 0 Å². The molecule has 0 N–H and O–H groups in total. The zero-order chi connectivity index (χ0) is 12.7. The Bertz CT molecular complexity index is 265. The third-order valence-electron chi connectivity index (χ3n) is 3.12. The average molecular weight is 241 g/mol. The molecule has 1 fully saturated rings. The maximum atomic E-state index is 11.9. The van der Waals surface area contributed by atoms with E-state index in [0.717, 1.165) is 32.4 Å². The normalized spacial score (nSPS) is 22.2. The van der Waals surface area contributed by atoms with Gasteiger partial charge in [-0.25, -0.2) is 0 Å². The van der Waals surface area contributed by atoms with Crippen molar-refractivity contribution in [2.75, 3.05) is 19.7 Å². The minimum atomic E-state index is -0.350. The lowest BCUT2D eigenvalue weighted by atomic mass is 10.1. The maximum Gasteiger partial charge on any atom is 0.323 e. The molecule has 1 saturated heterocycles. The van der Waals surface area contributed by atoms with Gasteiger partial charge >= 0.3 is 5.97 Å². The van der Waals surface area contributed by atoms with Gasteiger partial charge in [0, 0.05) is 12.8 Å². The first-order valence-electron chi connectivity index (χ1n) is 6.61. The molecule has 0 aromatic heterocycles. The van der Waals surface area contributed by atoms with Gasteiger partial charge in [0.1, 0.15) is 11.8 Å². The second-order valence-electron chi connectivity index (χ2n) is 4.50. The predicted octanol–water partition coefficient (Wildman–Crippen LogP) is 1.77. The van der Waals surface area contributed by atoms with E-state index in [4.69, 9.17) is 4.74 Å². The van der Waals surface area contributed by atoms with Gasteiger partial charge in [0.2, 0.25) is 0 Å². The number of likely N-dealkylation sites (tertiary alicyclic amines) is 1. The smallest absolute Gasteiger partial charge is 0.323 e. The molecule has 1 unspecified atom stereocenters. The first-order valence-corrected chi connectivity index (χ1v) is 6.61. The minimum absolute atomic E-state index is 0.182. The van der Waals surface area contributed by atoms with Crippen LogP contribution in [0.4, 0.5) is 0 Å². The number of nitrogens with zero attached hydrogens (tertiary/aromatic N) is 1. The molecule has 0 aliphatic carbocycles. The van der Waals surface area contributed by atoms with E-state index in [1.807, 2.05) is 0 Å². The van der Waals surface area contributed by atoms with Gasteiger partial charge in [-0.05, 0) is 32.9 Å². The van der Waals surface area contributed by atoms with E-state index in [-0.39, 0.29) is 17.8 Å². The molecule has 0 amide bonds. The Labute approximate surface area is 103 Å². The summed E-state index contributed by atoms with van der Waals surface area (Å²) >= 11 is 0. The Morgan fingerprint density at radius 3 is 2.88 bits per heavy atom. The summed E-state index contributed by atoms with van der Waals surface area (Å²) in [6.07, 6.45) is 3.93. The van der Waals surface area contributed by atoms with Crippen molar-refractivity contribution in [1.82, 2.24) is 4.90 Å². The second-order valence-corrected chi connectivity index (χ2v) is 4.50. The zero-order valence-corrected chi connectivity index (χ0v) is 10.9. The van der Waals surface area contributed by atoms with E-state index in [1.165, 1.54) is 0 Å². The van der Waals surface area contributed by atoms with Gasteiger partial charge in [0.15, 0.2) is 0 Å². The lowest BCUT2D eigenvalue weighted by molar-refractivity contribution is -0.150. The highest BCUT2D eigenvalue weighted by atomic mass is 16.5. The highest BCUT2D eigenvalue weighted by Gasteiger charge is 2.31. The molecule has 0 aromatic rings. The first-order chi connectivity index (χ1) is 8.19. The number of ether oxygens (including phenoxy) is 1. The molecule has 0 saturated carbocycles. The van der Waals surface area contributed by atoms with Crippen molar-refractivity contribution in [2.24, 2.45) is 0 Å². The lowest BCUT2D eigenvalue weighted by Gasteiger charge is -2.27. The third-order valence-corrected chi connectivity index (χ3v) is 3.12. The number of carbonyl (C=O) groups is 2. The molecule has 0 bridgehead atoms. The van der Waals surface area contributed by atoms with Crippen molar-refractivity contribution in [2.45, 2.75) is 52.0 Å². The second kappa shape index (κ2) is 7.43. The number of rotatable bonds is 5. The van der Waals surface area contributed by atoms with Crippen molar-refractivity contribution >= 4 is 11.8 Å². The maximum absolute atomic E-state index is 11.9. The Morgan fingerprint density at radius 2 is 2.24 bits per heavy atom. The van der Waals surface area contributed by atoms with Crippen LogP contribution < -0.4 is 0 Å². The number of ketones is 1. The number of carbonyl (C=O) groups excluding carboxylic acids is 2. The number of unbranched alkanes of at least 4 members (excludes halogenated alkanes) is 1. The van der Waals surface area contributed by atoms with Gasteiger partial charge in [-0.3, -0.25) is 14.5 Å². The molecular weight excluding hydrogens is 218 g/mol. The summed E-state index contributed by atoms with van der Waals surface area (Å²) in [6, 6.07) is -0.350. The minimum Gasteiger partial charge on any atom is -0.465 e. The van der Waals surface area contributed by atoms with Gasteiger partial charge in [0.05, 0.1) is 6.61 Å². The Balaban J connectivity index is 2.66. The summed E-state index contributed by atoms with van der Waals surface area (Å²) in [6.45, 7) is 6.02. The highest BCUT2D eigenvalue weighted by molar-refractivity contribution is 5.86. The standard InChI is InChI=1S/C13H23NO3/c1-3-5-8-14-9-6-7-11(15)10-12(14)13(16)17-4-2/h12H,3-10H2,1-2H3. The van der Waals surface area contributed by atoms with Crippen LogP contribution in [0.15, 0.2) is 0 Å². The number of esters is 1. The van der Waals surface area contributed by atoms with Crippen LogP contribution in [0.1, 0.15) is 46.0 Å². The van der Waals surface area contributed by atoms with E-state index in [1.54, 1.807) is 6.92 Å². The van der Waals surface area contributed by atoms with E-state index in [9.17, 15) is 9.59 Å². The Hall–Kier alpha value is -0.900. The number of hydrogen-bond donors (Lipinski definition) is 0. The summed E-state index contributed by atoms with van der Waals surface area (Å²) in [5, 5.41) is 0. The van der Waals surface area contributed by atoms with E-state index in [2.05, 4.69) is 11.8 Å². The summed E-state index contributed by atoms with van der Waals surface area (Å²) < 4.78 is 5.06. The topological polar surface area (TPSA) is 46.6 Å². The summed E-state index contributed by atoms with van der Waals surface area (Å²) in [7, 11) is 0. The van der Waals surface area contributed by atoms with Crippen LogP contribution in [-0.2, 0) is 14.3 Å². The molecular formula is C13H23NO3. The third kappa shape index (κ3) is 4.46. The summed E-state index contributed by atoms with van der Waals surface area (Å²) in [5.41, 5.74) is 0. The first kappa shape index (κ1) is 14.2. The fourth-order valence-corrected chi connectivity index (χ4v) is 2.18. The zero-order valence-electron chi connectivity index (χ0n) is 10.9. The number of hydrogen-bond acceptors (Lipinski definition) is 4. The van der Waals surface area contributed by atoms with Gasteiger partial charge < -0.3 is 4.74 Å². The summed E-state index contributed by atoms with van der Waals surface area (Å²) in [4.78, 5) is 25.6. The van der Waals surface area contributed by atoms with Crippen LogP contribution in [0.2, 0.25) is 0 Å². The average Bonchev–Trinajstić information content (AvgIpc) is 2.48. The molecule has 0 spiro atoms. The molecule has 17 heavy (non-hydrogen) atoms. The molecule has 1 heterocycles. The quantitative estimate of drug-likeness (QED) is 0.688. The van der Waals surface area contributed by atoms with Crippen LogP contribution in [0.5, 0.6) is 0 Å². The monoisotopic (exact) mass is 241 g/mol. The lowest BCUT2D eigenvalue weighted by Crippen LogP contribution is -2.43. The molecule has 98 valence electrons. The highest BCUT2D eigenvalue weighted by Crippen LogP contribution is 2.16. The molecule has 0 aromatic carbocycles. The van der Waals surface area contributed by atoms with Crippen molar-refractivity contribution in [3.8, 4) is 0 Å². The Morgan fingerprint density at radius 1 is 1.47 bits per heavy atom. The fraction of sp³-hybridized carbons (Fsp3) is 0.846. The fourth-order valence-electron chi connectivity index (χ4n) is 2.18. The van der Waals surface area contributed by atoms with Gasteiger partial charge in [-0.2, -0.15) is 0 Å². The largest absolute Gasteiger partial charge is 0.465 e. The summed E-state index contributed by atoms with van der Waals surface area (Å²) in [5.74, 6) is -0.0547. The van der Waals surface area contributed by atoms with Crippen LogP contribution in [0, 0.1) is 0 Å². The molecule has 4 nitrogen and oxygen atoms in total. The predicted molar refractivity (Wildman–Crippen MR) is 65.8 cm³/mol. The molecule has 4 heteroatoms. The van der Waals surface area contributed by atoms with Crippen LogP contribution in [-0.4, -0.2) is 42.4 Å². The molecule has 1 aliphatic rings. The van der Waals surface area contributed by atoms with Crippen LogP contribution >= 0.6 is 0 Å². The molecule has 1 atom stereocenters. The van der Waals surface area contributed by atoms with Crippen LogP contribution in [0.25, 0.3) is 0 Å². The number of Topliss-reactive ketones (excluding diaryl/α,β-unsaturated/α-hetero) is 1.